The Kier molecular flexibility index (Phi) is 4.19. The second kappa shape index (κ2) is 5.42. The van der Waals surface area contributed by atoms with E-state index in [-0.39, 0.29) is 6.61 Å². The third-order valence-corrected chi connectivity index (χ3v) is 1.93. The Hall–Kier alpha value is -1.47. The van der Waals surface area contributed by atoms with Crippen molar-refractivity contribution < 1.29 is 15.0 Å². The van der Waals surface area contributed by atoms with Crippen molar-refractivity contribution >= 4 is 5.97 Å². The first-order valence-electron chi connectivity index (χ1n) is 4.60. The van der Waals surface area contributed by atoms with Crippen LogP contribution in [0.25, 0.3) is 0 Å². The van der Waals surface area contributed by atoms with E-state index in [1.165, 1.54) is 4.68 Å². The summed E-state index contributed by atoms with van der Waals surface area (Å²) in [6, 6.07) is -0.840. The Bertz CT molecular complexity index is 325. The van der Waals surface area contributed by atoms with Gasteiger partial charge in [0, 0.05) is 13.2 Å². The highest BCUT2D eigenvalue weighted by molar-refractivity contribution is 5.74. The summed E-state index contributed by atoms with van der Waals surface area (Å²) < 4.78 is 1.51. The molecule has 0 saturated heterocycles. The molecular weight excluding hydrogens is 200 g/mol. The van der Waals surface area contributed by atoms with Crippen LogP contribution in [0.4, 0.5) is 0 Å². The number of carboxylic acid groups (broad SMARTS) is 1. The Balaban J connectivity index is 2.69. The summed E-state index contributed by atoms with van der Waals surface area (Å²) in [5.41, 5.74) is 0.364. The van der Waals surface area contributed by atoms with Gasteiger partial charge in [-0.3, -0.25) is 9.48 Å². The number of aryl methyl sites for hydroxylation is 1. The maximum Gasteiger partial charge on any atom is 0.327 e. The zero-order chi connectivity index (χ0) is 11.3. The molecule has 0 aromatic carbocycles. The fourth-order valence-corrected chi connectivity index (χ4v) is 1.19. The molecule has 15 heavy (non-hydrogen) atoms. The van der Waals surface area contributed by atoms with Crippen LogP contribution in [0.3, 0.4) is 0 Å². The van der Waals surface area contributed by atoms with Crippen molar-refractivity contribution in [1.82, 2.24) is 20.3 Å². The van der Waals surface area contributed by atoms with Crippen molar-refractivity contribution in [3.05, 3.63) is 11.9 Å². The van der Waals surface area contributed by atoms with Crippen LogP contribution >= 0.6 is 0 Å². The number of carbonyl (C=O) groups is 1. The topological polar surface area (TPSA) is 100 Å². The second-order valence-electron chi connectivity index (χ2n) is 3.04. The molecule has 0 bridgehead atoms. The number of carboxylic acids is 1. The highest BCUT2D eigenvalue weighted by Gasteiger charge is 2.20. The zero-order valence-electron chi connectivity index (χ0n) is 8.42. The number of rotatable bonds is 6. The molecule has 1 aromatic heterocycles. The number of aliphatic hydroxyl groups is 1. The van der Waals surface area contributed by atoms with Gasteiger partial charge in [-0.15, -0.1) is 5.10 Å². The molecule has 1 aromatic rings. The predicted molar refractivity (Wildman–Crippen MR) is 51.2 cm³/mol. The summed E-state index contributed by atoms with van der Waals surface area (Å²) in [5, 5.41) is 27.6. The van der Waals surface area contributed by atoms with Gasteiger partial charge in [0.25, 0.3) is 0 Å². The average Bonchev–Trinajstić information content (AvgIpc) is 2.64. The van der Waals surface area contributed by atoms with Gasteiger partial charge < -0.3 is 15.5 Å². The van der Waals surface area contributed by atoms with Gasteiger partial charge in [0.2, 0.25) is 0 Å². The van der Waals surface area contributed by atoms with Gasteiger partial charge >= 0.3 is 5.97 Å². The van der Waals surface area contributed by atoms with E-state index in [1.54, 1.807) is 13.2 Å². The normalized spacial score (nSPS) is 12.7. The molecule has 0 radical (unpaired) electrons. The lowest BCUT2D eigenvalue weighted by Crippen LogP contribution is -2.25. The SMILES string of the molecule is CNC(C(=O)O)c1cn(CCCO)nn1. The van der Waals surface area contributed by atoms with E-state index in [4.69, 9.17) is 10.2 Å². The summed E-state index contributed by atoms with van der Waals surface area (Å²) >= 11 is 0. The van der Waals surface area contributed by atoms with Crippen molar-refractivity contribution in [2.24, 2.45) is 0 Å². The molecule has 0 aliphatic rings. The molecule has 3 N–H and O–H groups in total. The number of hydrogen-bond donors (Lipinski definition) is 3. The molecule has 7 heteroatoms. The quantitative estimate of drug-likeness (QED) is 0.562. The first-order valence-corrected chi connectivity index (χ1v) is 4.60. The van der Waals surface area contributed by atoms with Crippen LogP contribution in [0.15, 0.2) is 6.20 Å². The molecule has 1 atom stereocenters. The molecule has 84 valence electrons. The Morgan fingerprint density at radius 1 is 1.73 bits per heavy atom. The lowest BCUT2D eigenvalue weighted by molar-refractivity contribution is -0.139. The number of nitrogens with one attached hydrogen (secondary N) is 1. The molecule has 0 saturated carbocycles. The standard InChI is InChI=1S/C8H14N4O3/c1-9-7(8(14)15)6-5-12(11-10-6)3-2-4-13/h5,7,9,13H,2-4H2,1H3,(H,14,15). The molecule has 0 fully saturated rings. The van der Waals surface area contributed by atoms with Gasteiger partial charge in [-0.25, -0.2) is 0 Å². The van der Waals surface area contributed by atoms with Crippen LogP contribution in [0.2, 0.25) is 0 Å². The monoisotopic (exact) mass is 214 g/mol. The number of aliphatic carboxylic acids is 1. The van der Waals surface area contributed by atoms with E-state index in [2.05, 4.69) is 15.6 Å². The average molecular weight is 214 g/mol. The largest absolute Gasteiger partial charge is 0.480 e. The van der Waals surface area contributed by atoms with Crippen LogP contribution in [0, 0.1) is 0 Å². The molecule has 1 unspecified atom stereocenters. The highest BCUT2D eigenvalue weighted by Crippen LogP contribution is 2.08. The summed E-state index contributed by atoms with van der Waals surface area (Å²) in [7, 11) is 1.55. The van der Waals surface area contributed by atoms with Crippen molar-refractivity contribution in [3.63, 3.8) is 0 Å². The van der Waals surface area contributed by atoms with Crippen molar-refractivity contribution in [1.29, 1.82) is 0 Å². The van der Waals surface area contributed by atoms with E-state index in [0.29, 0.717) is 18.7 Å². The Morgan fingerprint density at radius 3 is 3.00 bits per heavy atom. The van der Waals surface area contributed by atoms with Gasteiger partial charge in [-0.05, 0) is 13.5 Å². The Labute approximate surface area is 86.7 Å². The number of hydrogen-bond acceptors (Lipinski definition) is 5. The third kappa shape index (κ3) is 3.00. The van der Waals surface area contributed by atoms with E-state index in [9.17, 15) is 4.79 Å². The summed E-state index contributed by atoms with van der Waals surface area (Å²) in [4.78, 5) is 10.8. The minimum Gasteiger partial charge on any atom is -0.480 e. The van der Waals surface area contributed by atoms with Gasteiger partial charge in [0.1, 0.15) is 5.69 Å². The lowest BCUT2D eigenvalue weighted by Gasteiger charge is -2.05. The number of likely N-dealkylation sites (N-methyl/N-ethyl adjacent to an activating group) is 1. The summed E-state index contributed by atoms with van der Waals surface area (Å²) in [6.45, 7) is 0.600. The first-order chi connectivity index (χ1) is 7.19. The van der Waals surface area contributed by atoms with E-state index < -0.39 is 12.0 Å². The maximum atomic E-state index is 10.8. The fourth-order valence-electron chi connectivity index (χ4n) is 1.19. The van der Waals surface area contributed by atoms with Gasteiger partial charge in [-0.1, -0.05) is 5.21 Å². The molecule has 1 rings (SSSR count). The van der Waals surface area contributed by atoms with Crippen LogP contribution in [0.1, 0.15) is 18.2 Å². The van der Waals surface area contributed by atoms with Crippen molar-refractivity contribution in [3.8, 4) is 0 Å². The van der Waals surface area contributed by atoms with Crippen LogP contribution in [-0.4, -0.2) is 44.8 Å². The van der Waals surface area contributed by atoms with Crippen LogP contribution in [-0.2, 0) is 11.3 Å². The predicted octanol–water partition coefficient (Wildman–Crippen LogP) is -0.994. The lowest BCUT2D eigenvalue weighted by atomic mass is 10.2. The summed E-state index contributed by atoms with van der Waals surface area (Å²) in [5.74, 6) is -0.994. The molecule has 0 aliphatic carbocycles. The van der Waals surface area contributed by atoms with Gasteiger partial charge in [0.05, 0.1) is 6.20 Å². The molecule has 1 heterocycles. The molecular formula is C8H14N4O3. The van der Waals surface area contributed by atoms with Crippen LogP contribution < -0.4 is 5.32 Å². The van der Waals surface area contributed by atoms with Gasteiger partial charge in [0.15, 0.2) is 6.04 Å². The maximum absolute atomic E-state index is 10.8. The fraction of sp³-hybridized carbons (Fsp3) is 0.625. The second-order valence-corrected chi connectivity index (χ2v) is 3.04. The number of aromatic nitrogens is 3. The molecule has 0 amide bonds. The molecule has 7 nitrogen and oxygen atoms in total. The van der Waals surface area contributed by atoms with E-state index in [0.717, 1.165) is 0 Å². The highest BCUT2D eigenvalue weighted by atomic mass is 16.4. The zero-order valence-corrected chi connectivity index (χ0v) is 8.42. The van der Waals surface area contributed by atoms with Crippen molar-refractivity contribution in [2.75, 3.05) is 13.7 Å². The molecule has 0 spiro atoms. The van der Waals surface area contributed by atoms with Crippen molar-refractivity contribution in [2.45, 2.75) is 19.0 Å². The minimum atomic E-state index is -0.994. The smallest absolute Gasteiger partial charge is 0.327 e. The van der Waals surface area contributed by atoms with E-state index in [1.807, 2.05) is 0 Å². The van der Waals surface area contributed by atoms with Gasteiger partial charge in [-0.2, -0.15) is 0 Å². The first kappa shape index (κ1) is 11.6. The summed E-state index contributed by atoms with van der Waals surface area (Å²) in [6.07, 6.45) is 2.13. The van der Waals surface area contributed by atoms with E-state index >= 15 is 0 Å². The molecule has 0 aliphatic heterocycles. The number of nitrogens with zero attached hydrogens (tertiary/aromatic N) is 3. The minimum absolute atomic E-state index is 0.0730. The third-order valence-electron chi connectivity index (χ3n) is 1.93. The van der Waals surface area contributed by atoms with Crippen LogP contribution in [0.5, 0.6) is 0 Å². The number of aliphatic hydroxyl groups excluding tert-OH is 1. The Morgan fingerprint density at radius 2 is 2.47 bits per heavy atom.